The van der Waals surface area contributed by atoms with E-state index in [4.69, 9.17) is 0 Å². The van der Waals surface area contributed by atoms with Gasteiger partial charge in [0.05, 0.1) is 0 Å². The molecule has 0 spiro atoms. The first-order valence-corrected chi connectivity index (χ1v) is 7.04. The van der Waals surface area contributed by atoms with Crippen LogP contribution in [0.25, 0.3) is 0 Å². The van der Waals surface area contributed by atoms with Gasteiger partial charge in [-0.15, -0.1) is 0 Å². The second-order valence-electron chi connectivity index (χ2n) is 4.04. The highest BCUT2D eigenvalue weighted by Gasteiger charge is 2.25. The Morgan fingerprint density at radius 3 is 1.95 bits per heavy atom. The number of hydrogen-bond acceptors (Lipinski definition) is 3. The van der Waals surface area contributed by atoms with Gasteiger partial charge in [-0.25, -0.2) is 21.6 Å². The van der Waals surface area contributed by atoms with Crippen molar-refractivity contribution in [1.29, 1.82) is 0 Å². The van der Waals surface area contributed by atoms with E-state index in [1.54, 1.807) is 0 Å². The van der Waals surface area contributed by atoms with Crippen molar-refractivity contribution in [2.45, 2.75) is 4.90 Å². The van der Waals surface area contributed by atoms with Crippen LogP contribution in [-0.4, -0.2) is 14.7 Å². The highest BCUT2D eigenvalue weighted by atomic mass is 32.2. The third kappa shape index (κ3) is 3.22. The van der Waals surface area contributed by atoms with E-state index < -0.39 is 32.4 Å². The Labute approximate surface area is 118 Å². The third-order valence-corrected chi connectivity index (χ3v) is 3.96. The molecule has 0 aliphatic rings. The Hall–Kier alpha value is -2.35. The van der Waals surface area contributed by atoms with Gasteiger partial charge < -0.3 is 0 Å². The smallest absolute Gasteiger partial charge is 0.267 e. The molecule has 0 aliphatic carbocycles. The van der Waals surface area contributed by atoms with Crippen LogP contribution in [0.3, 0.4) is 0 Å². The SMILES string of the molecule is O=Cc1ccc(NS(=O)(=O)c2c(F)cc(F)cc2F)cc1. The summed E-state index contributed by atoms with van der Waals surface area (Å²) in [5.41, 5.74) is 0.306. The number of sulfonamides is 1. The van der Waals surface area contributed by atoms with Gasteiger partial charge in [0.15, 0.2) is 4.90 Å². The standard InChI is InChI=1S/C13H8F3NO3S/c14-9-5-11(15)13(12(16)6-9)21(19,20)17-10-3-1-8(7-18)2-4-10/h1-7,17H. The van der Waals surface area contributed by atoms with Gasteiger partial charge in [0, 0.05) is 23.4 Å². The van der Waals surface area contributed by atoms with Gasteiger partial charge in [-0.2, -0.15) is 0 Å². The van der Waals surface area contributed by atoms with Crippen LogP contribution in [0.15, 0.2) is 41.3 Å². The average Bonchev–Trinajstić information content (AvgIpc) is 2.37. The Kier molecular flexibility index (Phi) is 3.99. The minimum absolute atomic E-state index is 0.00345. The molecule has 0 saturated carbocycles. The molecular weight excluding hydrogens is 307 g/mol. The number of carbonyl (C=O) groups is 1. The molecule has 0 unspecified atom stereocenters. The molecule has 4 nitrogen and oxygen atoms in total. The molecule has 8 heteroatoms. The van der Waals surface area contributed by atoms with E-state index in [1.165, 1.54) is 24.3 Å². The first-order chi connectivity index (χ1) is 9.83. The number of anilines is 1. The van der Waals surface area contributed by atoms with Crippen LogP contribution in [0.1, 0.15) is 10.4 Å². The first kappa shape index (κ1) is 15.0. The van der Waals surface area contributed by atoms with Gasteiger partial charge in [0.25, 0.3) is 10.0 Å². The van der Waals surface area contributed by atoms with E-state index in [0.717, 1.165) is 0 Å². The van der Waals surface area contributed by atoms with Gasteiger partial charge >= 0.3 is 0 Å². The Morgan fingerprint density at radius 2 is 1.48 bits per heavy atom. The largest absolute Gasteiger partial charge is 0.298 e. The molecule has 0 bridgehead atoms. The summed E-state index contributed by atoms with van der Waals surface area (Å²) in [6.07, 6.45) is 0.553. The van der Waals surface area contributed by atoms with E-state index in [1.807, 2.05) is 4.72 Å². The number of aldehydes is 1. The van der Waals surface area contributed by atoms with Gasteiger partial charge in [0.1, 0.15) is 23.7 Å². The van der Waals surface area contributed by atoms with Gasteiger partial charge in [0.2, 0.25) is 0 Å². The van der Waals surface area contributed by atoms with Crippen LogP contribution in [0.4, 0.5) is 18.9 Å². The van der Waals surface area contributed by atoms with Crippen molar-refractivity contribution in [2.75, 3.05) is 4.72 Å². The van der Waals surface area contributed by atoms with Crippen molar-refractivity contribution >= 4 is 22.0 Å². The molecule has 2 aromatic rings. The Balaban J connectivity index is 2.40. The zero-order valence-corrected chi connectivity index (χ0v) is 11.1. The van der Waals surface area contributed by atoms with Gasteiger partial charge in [-0.05, 0) is 24.3 Å². The van der Waals surface area contributed by atoms with Gasteiger partial charge in [-0.3, -0.25) is 9.52 Å². The molecular formula is C13H8F3NO3S. The lowest BCUT2D eigenvalue weighted by atomic mass is 10.2. The summed E-state index contributed by atoms with van der Waals surface area (Å²) in [6.45, 7) is 0. The van der Waals surface area contributed by atoms with Crippen molar-refractivity contribution in [3.8, 4) is 0 Å². The highest BCUT2D eigenvalue weighted by molar-refractivity contribution is 7.92. The van der Waals surface area contributed by atoms with Crippen molar-refractivity contribution in [3.63, 3.8) is 0 Å². The quantitative estimate of drug-likeness (QED) is 0.882. The molecule has 0 aromatic heterocycles. The Bertz CT molecular complexity index is 766. The third-order valence-electron chi connectivity index (χ3n) is 2.53. The maximum atomic E-state index is 13.5. The topological polar surface area (TPSA) is 63.2 Å². The summed E-state index contributed by atoms with van der Waals surface area (Å²) >= 11 is 0. The first-order valence-electron chi connectivity index (χ1n) is 5.56. The molecule has 0 saturated heterocycles. The van der Waals surface area contributed by atoms with E-state index in [-0.39, 0.29) is 17.8 Å². The van der Waals surface area contributed by atoms with Crippen LogP contribution >= 0.6 is 0 Å². The lowest BCUT2D eigenvalue weighted by Crippen LogP contribution is -2.16. The number of halogens is 3. The van der Waals surface area contributed by atoms with Crippen molar-refractivity contribution in [2.24, 2.45) is 0 Å². The van der Waals surface area contributed by atoms with E-state index >= 15 is 0 Å². The Morgan fingerprint density at radius 1 is 0.952 bits per heavy atom. The maximum Gasteiger partial charge on any atom is 0.267 e. The van der Waals surface area contributed by atoms with Crippen LogP contribution in [0.5, 0.6) is 0 Å². The minimum Gasteiger partial charge on any atom is -0.298 e. The number of benzene rings is 2. The average molecular weight is 315 g/mol. The summed E-state index contributed by atoms with van der Waals surface area (Å²) in [4.78, 5) is 9.20. The summed E-state index contributed by atoms with van der Waals surface area (Å²) < 4.78 is 65.5. The lowest BCUT2D eigenvalue weighted by molar-refractivity contribution is 0.112. The number of hydrogen-bond donors (Lipinski definition) is 1. The van der Waals surface area contributed by atoms with E-state index in [2.05, 4.69) is 0 Å². The van der Waals surface area contributed by atoms with Crippen LogP contribution in [0.2, 0.25) is 0 Å². The van der Waals surface area contributed by atoms with Crippen molar-refractivity contribution in [1.82, 2.24) is 0 Å². The van der Waals surface area contributed by atoms with Crippen LogP contribution < -0.4 is 4.72 Å². The molecule has 1 N–H and O–H groups in total. The van der Waals surface area contributed by atoms with E-state index in [9.17, 15) is 26.4 Å². The second-order valence-corrected chi connectivity index (χ2v) is 5.66. The van der Waals surface area contributed by atoms with Crippen molar-refractivity contribution < 1.29 is 26.4 Å². The molecule has 0 atom stereocenters. The molecule has 0 radical (unpaired) electrons. The fourth-order valence-corrected chi connectivity index (χ4v) is 2.80. The molecule has 0 heterocycles. The molecule has 2 rings (SSSR count). The maximum absolute atomic E-state index is 13.5. The zero-order valence-electron chi connectivity index (χ0n) is 10.3. The molecule has 0 aliphatic heterocycles. The summed E-state index contributed by atoms with van der Waals surface area (Å²) in [6, 6.07) is 5.69. The van der Waals surface area contributed by atoms with E-state index in [0.29, 0.717) is 11.8 Å². The molecule has 21 heavy (non-hydrogen) atoms. The molecule has 110 valence electrons. The zero-order chi connectivity index (χ0) is 15.6. The minimum atomic E-state index is -4.57. The summed E-state index contributed by atoms with van der Waals surface area (Å²) in [5, 5.41) is 0. The fourth-order valence-electron chi connectivity index (χ4n) is 1.62. The van der Waals surface area contributed by atoms with Crippen molar-refractivity contribution in [3.05, 3.63) is 59.4 Å². The molecule has 2 aromatic carbocycles. The predicted octanol–water partition coefficient (Wildman–Crippen LogP) is 2.72. The number of nitrogens with one attached hydrogen (secondary N) is 1. The number of carbonyl (C=O) groups excluding carboxylic acids is 1. The summed E-state index contributed by atoms with van der Waals surface area (Å²) in [7, 11) is -4.57. The highest BCUT2D eigenvalue weighted by Crippen LogP contribution is 2.23. The molecule has 0 fully saturated rings. The number of rotatable bonds is 4. The predicted molar refractivity (Wildman–Crippen MR) is 69.0 cm³/mol. The normalized spacial score (nSPS) is 11.2. The van der Waals surface area contributed by atoms with Gasteiger partial charge in [-0.1, -0.05) is 0 Å². The van der Waals surface area contributed by atoms with Crippen LogP contribution in [0, 0.1) is 17.5 Å². The lowest BCUT2D eigenvalue weighted by Gasteiger charge is -2.10. The summed E-state index contributed by atoms with van der Waals surface area (Å²) in [5.74, 6) is -4.30. The molecule has 0 amide bonds. The monoisotopic (exact) mass is 315 g/mol. The van der Waals surface area contributed by atoms with Crippen LogP contribution in [-0.2, 0) is 10.0 Å². The fraction of sp³-hybridized carbons (Fsp3) is 0. The second kappa shape index (κ2) is 5.57.